The molecule has 1 aromatic heterocycles. The summed E-state index contributed by atoms with van der Waals surface area (Å²) >= 11 is 12.0. The third kappa shape index (κ3) is 3.54. The van der Waals surface area contributed by atoms with Crippen LogP contribution in [0.2, 0.25) is 10.0 Å². The van der Waals surface area contributed by atoms with Gasteiger partial charge in [-0.1, -0.05) is 53.5 Å². The van der Waals surface area contributed by atoms with Crippen LogP contribution >= 0.6 is 23.2 Å². The average Bonchev–Trinajstić information content (AvgIpc) is 2.86. The molecule has 3 aromatic rings. The third-order valence-electron chi connectivity index (χ3n) is 2.91. The highest BCUT2D eigenvalue weighted by molar-refractivity contribution is 6.35. The number of rotatable bonds is 4. The third-order valence-corrected chi connectivity index (χ3v) is 3.35. The molecule has 1 N–H and O–H groups in total. The summed E-state index contributed by atoms with van der Waals surface area (Å²) in [6.07, 6.45) is 1.51. The SMILES string of the molecule is Clc1cc(Cl)cc(Nc2ncnn2Cc2ccccc2)c1. The van der Waals surface area contributed by atoms with Crippen LogP contribution in [0.25, 0.3) is 0 Å². The normalized spacial score (nSPS) is 10.6. The van der Waals surface area contributed by atoms with E-state index in [2.05, 4.69) is 15.4 Å². The molecule has 3 rings (SSSR count). The van der Waals surface area contributed by atoms with Gasteiger partial charge in [-0.05, 0) is 23.8 Å². The number of benzene rings is 2. The first-order chi connectivity index (χ1) is 10.2. The summed E-state index contributed by atoms with van der Waals surface area (Å²) in [6.45, 7) is 0.636. The maximum atomic E-state index is 5.99. The van der Waals surface area contributed by atoms with Gasteiger partial charge < -0.3 is 5.32 Å². The lowest BCUT2D eigenvalue weighted by Crippen LogP contribution is -2.06. The van der Waals surface area contributed by atoms with E-state index in [1.807, 2.05) is 30.3 Å². The van der Waals surface area contributed by atoms with Gasteiger partial charge in [0.2, 0.25) is 5.95 Å². The number of halogens is 2. The predicted octanol–water partition coefficient (Wildman–Crippen LogP) is 4.38. The summed E-state index contributed by atoms with van der Waals surface area (Å²) in [6, 6.07) is 15.3. The fraction of sp³-hybridized carbons (Fsp3) is 0.0667. The molecule has 106 valence electrons. The molecule has 6 heteroatoms. The highest BCUT2D eigenvalue weighted by Gasteiger charge is 2.06. The zero-order valence-corrected chi connectivity index (χ0v) is 12.5. The minimum Gasteiger partial charge on any atom is -0.324 e. The Labute approximate surface area is 132 Å². The zero-order valence-electron chi connectivity index (χ0n) is 11.0. The van der Waals surface area contributed by atoms with E-state index < -0.39 is 0 Å². The van der Waals surface area contributed by atoms with Crippen LogP contribution in [0.1, 0.15) is 5.56 Å². The van der Waals surface area contributed by atoms with Gasteiger partial charge in [0, 0.05) is 15.7 Å². The molecule has 0 bridgehead atoms. The molecule has 4 nitrogen and oxygen atoms in total. The smallest absolute Gasteiger partial charge is 0.225 e. The lowest BCUT2D eigenvalue weighted by atomic mass is 10.2. The molecular formula is C15H12Cl2N4. The zero-order chi connectivity index (χ0) is 14.7. The Morgan fingerprint density at radius 3 is 2.43 bits per heavy atom. The Balaban J connectivity index is 1.82. The Morgan fingerprint density at radius 1 is 1.00 bits per heavy atom. The predicted molar refractivity (Wildman–Crippen MR) is 85.3 cm³/mol. The Morgan fingerprint density at radius 2 is 1.71 bits per heavy atom. The number of hydrogen-bond donors (Lipinski definition) is 1. The van der Waals surface area contributed by atoms with Crippen molar-refractivity contribution in [2.24, 2.45) is 0 Å². The quantitative estimate of drug-likeness (QED) is 0.776. The van der Waals surface area contributed by atoms with E-state index >= 15 is 0 Å². The molecule has 0 spiro atoms. The van der Waals surface area contributed by atoms with Crippen LogP contribution in [0, 0.1) is 0 Å². The molecule has 0 fully saturated rings. The van der Waals surface area contributed by atoms with Crippen molar-refractivity contribution in [3.8, 4) is 0 Å². The van der Waals surface area contributed by atoms with Crippen LogP contribution in [-0.2, 0) is 6.54 Å². The molecule has 0 radical (unpaired) electrons. The lowest BCUT2D eigenvalue weighted by molar-refractivity contribution is 0.694. The van der Waals surface area contributed by atoms with Gasteiger partial charge >= 0.3 is 0 Å². The van der Waals surface area contributed by atoms with Crippen molar-refractivity contribution in [2.75, 3.05) is 5.32 Å². The number of nitrogens with zero attached hydrogens (tertiary/aromatic N) is 3. The molecule has 0 amide bonds. The molecular weight excluding hydrogens is 307 g/mol. The second-order valence-electron chi connectivity index (χ2n) is 4.51. The van der Waals surface area contributed by atoms with Crippen molar-refractivity contribution < 1.29 is 0 Å². The maximum absolute atomic E-state index is 5.99. The minimum atomic E-state index is 0.569. The summed E-state index contributed by atoms with van der Waals surface area (Å²) in [5.41, 5.74) is 1.92. The van der Waals surface area contributed by atoms with Crippen LogP contribution in [0.4, 0.5) is 11.6 Å². The summed E-state index contributed by atoms with van der Waals surface area (Å²) in [5.74, 6) is 0.636. The molecule has 2 aromatic carbocycles. The van der Waals surface area contributed by atoms with Crippen LogP contribution in [0.15, 0.2) is 54.9 Å². The molecule has 21 heavy (non-hydrogen) atoms. The lowest BCUT2D eigenvalue weighted by Gasteiger charge is -2.09. The standard InChI is InChI=1S/C15H12Cl2N4/c16-12-6-13(17)8-14(7-12)20-15-18-10-19-21(15)9-11-4-2-1-3-5-11/h1-8,10H,9H2,(H,18,19,20). The first-order valence-electron chi connectivity index (χ1n) is 6.35. The Bertz CT molecular complexity index is 720. The molecule has 0 unspecified atom stereocenters. The molecule has 0 atom stereocenters. The molecule has 1 heterocycles. The van der Waals surface area contributed by atoms with Crippen molar-refractivity contribution >= 4 is 34.8 Å². The second-order valence-corrected chi connectivity index (χ2v) is 5.38. The van der Waals surface area contributed by atoms with Gasteiger partial charge in [-0.3, -0.25) is 0 Å². The Kier molecular flexibility index (Phi) is 4.08. The highest BCUT2D eigenvalue weighted by atomic mass is 35.5. The first kappa shape index (κ1) is 13.9. The van der Waals surface area contributed by atoms with E-state index in [1.165, 1.54) is 6.33 Å². The molecule has 0 saturated heterocycles. The van der Waals surface area contributed by atoms with Gasteiger partial charge in [0.05, 0.1) is 6.54 Å². The van der Waals surface area contributed by atoms with Crippen molar-refractivity contribution in [1.29, 1.82) is 0 Å². The highest BCUT2D eigenvalue weighted by Crippen LogP contribution is 2.24. The van der Waals surface area contributed by atoms with Crippen molar-refractivity contribution in [2.45, 2.75) is 6.54 Å². The van der Waals surface area contributed by atoms with Gasteiger partial charge in [-0.25, -0.2) is 4.68 Å². The maximum Gasteiger partial charge on any atom is 0.225 e. The summed E-state index contributed by atoms with van der Waals surface area (Å²) in [5, 5.41) is 8.54. The topological polar surface area (TPSA) is 42.7 Å². The van der Waals surface area contributed by atoms with E-state index in [4.69, 9.17) is 23.2 Å². The Hall–Kier alpha value is -2.04. The van der Waals surface area contributed by atoms with Crippen molar-refractivity contribution in [1.82, 2.24) is 14.8 Å². The summed E-state index contributed by atoms with van der Waals surface area (Å²) < 4.78 is 1.78. The van der Waals surface area contributed by atoms with E-state index in [0.29, 0.717) is 22.5 Å². The molecule has 0 aliphatic heterocycles. The van der Waals surface area contributed by atoms with E-state index in [1.54, 1.807) is 22.9 Å². The summed E-state index contributed by atoms with van der Waals surface area (Å²) in [4.78, 5) is 4.22. The van der Waals surface area contributed by atoms with Gasteiger partial charge in [0.1, 0.15) is 6.33 Å². The minimum absolute atomic E-state index is 0.569. The first-order valence-corrected chi connectivity index (χ1v) is 7.11. The van der Waals surface area contributed by atoms with Gasteiger partial charge in [0.25, 0.3) is 0 Å². The number of aromatic nitrogens is 3. The fourth-order valence-electron chi connectivity index (χ4n) is 1.99. The number of anilines is 2. The van der Waals surface area contributed by atoms with Crippen molar-refractivity contribution in [3.63, 3.8) is 0 Å². The largest absolute Gasteiger partial charge is 0.324 e. The van der Waals surface area contributed by atoms with Crippen LogP contribution in [-0.4, -0.2) is 14.8 Å². The van der Waals surface area contributed by atoms with E-state index in [9.17, 15) is 0 Å². The van der Waals surface area contributed by atoms with Gasteiger partial charge in [-0.2, -0.15) is 10.1 Å². The monoisotopic (exact) mass is 318 g/mol. The van der Waals surface area contributed by atoms with Crippen LogP contribution in [0.3, 0.4) is 0 Å². The summed E-state index contributed by atoms with van der Waals surface area (Å²) in [7, 11) is 0. The second kappa shape index (κ2) is 6.16. The van der Waals surface area contributed by atoms with Crippen LogP contribution < -0.4 is 5.32 Å². The van der Waals surface area contributed by atoms with E-state index in [0.717, 1.165) is 11.3 Å². The van der Waals surface area contributed by atoms with Gasteiger partial charge in [-0.15, -0.1) is 0 Å². The number of hydrogen-bond acceptors (Lipinski definition) is 3. The van der Waals surface area contributed by atoms with Crippen molar-refractivity contribution in [3.05, 3.63) is 70.5 Å². The van der Waals surface area contributed by atoms with Crippen LogP contribution in [0.5, 0.6) is 0 Å². The molecule has 0 saturated carbocycles. The number of nitrogens with one attached hydrogen (secondary N) is 1. The molecule has 0 aliphatic rings. The molecule has 0 aliphatic carbocycles. The van der Waals surface area contributed by atoms with Gasteiger partial charge in [0.15, 0.2) is 0 Å². The van der Waals surface area contributed by atoms with E-state index in [-0.39, 0.29) is 0 Å². The average molecular weight is 319 g/mol. The fourth-order valence-corrected chi connectivity index (χ4v) is 2.51.